The second-order valence-electron chi connectivity index (χ2n) is 4.33. The number of hydrogen-bond acceptors (Lipinski definition) is 2. The van der Waals surface area contributed by atoms with Crippen LogP contribution < -0.4 is 0 Å². The van der Waals surface area contributed by atoms with Gasteiger partial charge in [0.15, 0.2) is 0 Å². The van der Waals surface area contributed by atoms with Crippen LogP contribution in [0.15, 0.2) is 29.6 Å². The van der Waals surface area contributed by atoms with Crippen LogP contribution in [0.5, 0.6) is 0 Å². The van der Waals surface area contributed by atoms with Crippen LogP contribution in [0.4, 0.5) is 0 Å². The van der Waals surface area contributed by atoms with Crippen molar-refractivity contribution in [3.05, 3.63) is 35.2 Å². The molecule has 0 amide bonds. The SMILES string of the molecule is CC(C)CC(O)c1csc2ccccc12. The maximum Gasteiger partial charge on any atom is 0.0806 e. The molecule has 1 heterocycles. The highest BCUT2D eigenvalue weighted by Crippen LogP contribution is 2.32. The molecular weight excluding hydrogens is 204 g/mol. The number of thiophene rings is 1. The second-order valence-corrected chi connectivity index (χ2v) is 5.24. The fourth-order valence-electron chi connectivity index (χ4n) is 1.83. The van der Waals surface area contributed by atoms with E-state index < -0.39 is 0 Å². The average Bonchev–Trinajstić information content (AvgIpc) is 2.59. The van der Waals surface area contributed by atoms with Crippen molar-refractivity contribution in [3.8, 4) is 0 Å². The first kappa shape index (κ1) is 10.7. The summed E-state index contributed by atoms with van der Waals surface area (Å²) >= 11 is 1.71. The third kappa shape index (κ3) is 2.21. The lowest BCUT2D eigenvalue weighted by atomic mass is 9.99. The third-order valence-electron chi connectivity index (χ3n) is 2.56. The zero-order valence-corrected chi connectivity index (χ0v) is 9.92. The number of hydrogen-bond donors (Lipinski definition) is 1. The van der Waals surface area contributed by atoms with Gasteiger partial charge in [-0.05, 0) is 34.7 Å². The van der Waals surface area contributed by atoms with Crippen molar-refractivity contribution in [2.45, 2.75) is 26.4 Å². The molecule has 0 saturated carbocycles. The fraction of sp³-hybridized carbons (Fsp3) is 0.385. The number of benzene rings is 1. The molecule has 2 aromatic rings. The van der Waals surface area contributed by atoms with Crippen molar-refractivity contribution in [1.82, 2.24) is 0 Å². The summed E-state index contributed by atoms with van der Waals surface area (Å²) < 4.78 is 1.26. The molecule has 1 atom stereocenters. The van der Waals surface area contributed by atoms with Crippen molar-refractivity contribution in [1.29, 1.82) is 0 Å². The normalized spacial score (nSPS) is 13.6. The Hall–Kier alpha value is -0.860. The topological polar surface area (TPSA) is 20.2 Å². The number of fused-ring (bicyclic) bond motifs is 1. The van der Waals surface area contributed by atoms with E-state index in [4.69, 9.17) is 0 Å². The summed E-state index contributed by atoms with van der Waals surface area (Å²) in [4.78, 5) is 0. The Morgan fingerprint density at radius 1 is 1.27 bits per heavy atom. The smallest absolute Gasteiger partial charge is 0.0806 e. The standard InChI is InChI=1S/C13H16OS/c1-9(2)7-12(14)11-8-15-13-6-4-3-5-10(11)13/h3-6,8-9,12,14H,7H2,1-2H3. The maximum absolute atomic E-state index is 10.1. The molecule has 1 N–H and O–H groups in total. The Morgan fingerprint density at radius 2 is 2.00 bits per heavy atom. The molecule has 2 rings (SSSR count). The predicted octanol–water partition coefficient (Wildman–Crippen LogP) is 3.98. The van der Waals surface area contributed by atoms with E-state index in [-0.39, 0.29) is 6.10 Å². The molecule has 0 aliphatic heterocycles. The van der Waals surface area contributed by atoms with Gasteiger partial charge in [-0.2, -0.15) is 0 Å². The van der Waals surface area contributed by atoms with Crippen LogP contribution in [0, 0.1) is 5.92 Å². The lowest BCUT2D eigenvalue weighted by molar-refractivity contribution is 0.153. The van der Waals surface area contributed by atoms with Crippen LogP contribution in [-0.2, 0) is 0 Å². The minimum absolute atomic E-state index is 0.318. The maximum atomic E-state index is 10.1. The number of aliphatic hydroxyl groups excluding tert-OH is 1. The van der Waals surface area contributed by atoms with E-state index in [1.54, 1.807) is 11.3 Å². The minimum Gasteiger partial charge on any atom is -0.388 e. The fourth-order valence-corrected chi connectivity index (χ4v) is 2.84. The van der Waals surface area contributed by atoms with E-state index in [0.717, 1.165) is 12.0 Å². The Kier molecular flexibility index (Phi) is 3.08. The van der Waals surface area contributed by atoms with Gasteiger partial charge in [0.2, 0.25) is 0 Å². The summed E-state index contributed by atoms with van der Waals surface area (Å²) in [5.74, 6) is 0.527. The molecule has 80 valence electrons. The van der Waals surface area contributed by atoms with Gasteiger partial charge in [0.25, 0.3) is 0 Å². The van der Waals surface area contributed by atoms with Crippen LogP contribution in [0.2, 0.25) is 0 Å². The molecule has 0 spiro atoms. The first-order valence-corrected chi connectivity index (χ1v) is 6.20. The molecule has 15 heavy (non-hydrogen) atoms. The quantitative estimate of drug-likeness (QED) is 0.829. The monoisotopic (exact) mass is 220 g/mol. The van der Waals surface area contributed by atoms with Crippen molar-refractivity contribution < 1.29 is 5.11 Å². The van der Waals surface area contributed by atoms with Gasteiger partial charge in [0, 0.05) is 4.70 Å². The van der Waals surface area contributed by atoms with Gasteiger partial charge >= 0.3 is 0 Å². The molecule has 0 aliphatic rings. The summed E-state index contributed by atoms with van der Waals surface area (Å²) in [6, 6.07) is 8.26. The molecule has 0 aliphatic carbocycles. The molecule has 1 nitrogen and oxygen atoms in total. The van der Waals surface area contributed by atoms with E-state index in [0.29, 0.717) is 5.92 Å². The predicted molar refractivity (Wildman–Crippen MR) is 66.2 cm³/mol. The van der Waals surface area contributed by atoms with Gasteiger partial charge in [-0.25, -0.2) is 0 Å². The zero-order chi connectivity index (χ0) is 10.8. The lowest BCUT2D eigenvalue weighted by Gasteiger charge is -2.12. The van der Waals surface area contributed by atoms with E-state index >= 15 is 0 Å². The van der Waals surface area contributed by atoms with Crippen LogP contribution in [0.1, 0.15) is 31.9 Å². The molecule has 2 heteroatoms. The highest BCUT2D eigenvalue weighted by Gasteiger charge is 2.13. The van der Waals surface area contributed by atoms with Crippen LogP contribution in [0.25, 0.3) is 10.1 Å². The first-order valence-electron chi connectivity index (χ1n) is 5.32. The van der Waals surface area contributed by atoms with Gasteiger partial charge in [0.1, 0.15) is 0 Å². The highest BCUT2D eigenvalue weighted by atomic mass is 32.1. The van der Waals surface area contributed by atoms with E-state index in [1.165, 1.54) is 10.1 Å². The summed E-state index contributed by atoms with van der Waals surface area (Å²) in [5, 5.41) is 13.4. The van der Waals surface area contributed by atoms with E-state index in [9.17, 15) is 5.11 Å². The molecule has 1 aromatic heterocycles. The van der Waals surface area contributed by atoms with Crippen molar-refractivity contribution in [2.75, 3.05) is 0 Å². The molecule has 0 radical (unpaired) electrons. The van der Waals surface area contributed by atoms with E-state index in [1.807, 2.05) is 12.1 Å². The van der Waals surface area contributed by atoms with Gasteiger partial charge in [-0.1, -0.05) is 32.0 Å². The zero-order valence-electron chi connectivity index (χ0n) is 9.10. The molecule has 1 aromatic carbocycles. The lowest BCUT2D eigenvalue weighted by Crippen LogP contribution is -2.00. The molecule has 0 bridgehead atoms. The van der Waals surface area contributed by atoms with Gasteiger partial charge in [0.05, 0.1) is 6.10 Å². The minimum atomic E-state index is -0.318. The second kappa shape index (κ2) is 4.33. The molecule has 0 saturated heterocycles. The van der Waals surface area contributed by atoms with Crippen LogP contribution >= 0.6 is 11.3 Å². The largest absolute Gasteiger partial charge is 0.388 e. The Morgan fingerprint density at radius 3 is 2.73 bits per heavy atom. The molecule has 0 fully saturated rings. The van der Waals surface area contributed by atoms with E-state index in [2.05, 4.69) is 31.4 Å². The number of aliphatic hydroxyl groups is 1. The average molecular weight is 220 g/mol. The van der Waals surface area contributed by atoms with Crippen LogP contribution in [0.3, 0.4) is 0 Å². The Labute approximate surface area is 94.4 Å². The molecular formula is C13H16OS. The van der Waals surface area contributed by atoms with Crippen LogP contribution in [-0.4, -0.2) is 5.11 Å². The summed E-state index contributed by atoms with van der Waals surface area (Å²) in [6.45, 7) is 4.27. The van der Waals surface area contributed by atoms with Gasteiger partial charge in [-0.15, -0.1) is 11.3 Å². The van der Waals surface area contributed by atoms with Crippen molar-refractivity contribution in [2.24, 2.45) is 5.92 Å². The third-order valence-corrected chi connectivity index (χ3v) is 3.55. The van der Waals surface area contributed by atoms with Gasteiger partial charge < -0.3 is 5.11 Å². The molecule has 1 unspecified atom stereocenters. The summed E-state index contributed by atoms with van der Waals surface area (Å²) in [6.07, 6.45) is 0.516. The summed E-state index contributed by atoms with van der Waals surface area (Å²) in [5.41, 5.74) is 1.09. The van der Waals surface area contributed by atoms with Gasteiger partial charge in [-0.3, -0.25) is 0 Å². The van der Waals surface area contributed by atoms with Crippen molar-refractivity contribution >= 4 is 21.4 Å². The first-order chi connectivity index (χ1) is 7.18. The summed E-state index contributed by atoms with van der Waals surface area (Å²) in [7, 11) is 0. The Balaban J connectivity index is 2.35. The Bertz CT molecular complexity index is 444. The van der Waals surface area contributed by atoms with Crippen molar-refractivity contribution in [3.63, 3.8) is 0 Å². The highest BCUT2D eigenvalue weighted by molar-refractivity contribution is 7.17. The number of rotatable bonds is 3.